The molecule has 0 fully saturated rings. The van der Waals surface area contributed by atoms with Gasteiger partial charge in [0.1, 0.15) is 0 Å². The topological polar surface area (TPSA) is 21.3 Å². The standard InChI is InChI=1S/C14H23NO/c1-4-16-9-5-8-15-11-14-7-6-12(2)10-13(14)3/h6-7,10,15H,4-5,8-9,11H2,1-3H3. The molecule has 1 aromatic carbocycles. The number of benzene rings is 1. The van der Waals surface area contributed by atoms with Gasteiger partial charge in [0, 0.05) is 19.8 Å². The smallest absolute Gasteiger partial charge is 0.0477 e. The van der Waals surface area contributed by atoms with Crippen LogP contribution in [0, 0.1) is 13.8 Å². The molecule has 2 nitrogen and oxygen atoms in total. The van der Waals surface area contributed by atoms with Crippen LogP contribution >= 0.6 is 0 Å². The molecule has 0 bridgehead atoms. The second kappa shape index (κ2) is 7.42. The first-order chi connectivity index (χ1) is 7.74. The predicted molar refractivity (Wildman–Crippen MR) is 68.7 cm³/mol. The van der Waals surface area contributed by atoms with Gasteiger partial charge in [0.15, 0.2) is 0 Å². The van der Waals surface area contributed by atoms with Gasteiger partial charge in [-0.1, -0.05) is 23.8 Å². The summed E-state index contributed by atoms with van der Waals surface area (Å²) in [6.07, 6.45) is 1.08. The average molecular weight is 221 g/mol. The van der Waals surface area contributed by atoms with E-state index in [1.54, 1.807) is 0 Å². The highest BCUT2D eigenvalue weighted by Gasteiger charge is 1.97. The van der Waals surface area contributed by atoms with E-state index in [-0.39, 0.29) is 0 Å². The quantitative estimate of drug-likeness (QED) is 0.715. The van der Waals surface area contributed by atoms with E-state index in [0.29, 0.717) is 0 Å². The van der Waals surface area contributed by atoms with Gasteiger partial charge in [-0.25, -0.2) is 0 Å². The van der Waals surface area contributed by atoms with Gasteiger partial charge in [-0.05, 0) is 44.9 Å². The Morgan fingerprint density at radius 2 is 2.06 bits per heavy atom. The molecule has 0 spiro atoms. The number of hydrogen-bond acceptors (Lipinski definition) is 2. The van der Waals surface area contributed by atoms with E-state index in [1.807, 2.05) is 6.92 Å². The molecule has 0 atom stereocenters. The summed E-state index contributed by atoms with van der Waals surface area (Å²) in [7, 11) is 0. The lowest BCUT2D eigenvalue weighted by atomic mass is 10.1. The van der Waals surface area contributed by atoms with Crippen LogP contribution in [0.1, 0.15) is 30.0 Å². The molecule has 1 aromatic rings. The first kappa shape index (κ1) is 13.2. The molecular formula is C14H23NO. The summed E-state index contributed by atoms with van der Waals surface area (Å²) in [6.45, 7) is 9.98. The summed E-state index contributed by atoms with van der Waals surface area (Å²) in [6, 6.07) is 6.61. The van der Waals surface area contributed by atoms with Crippen molar-refractivity contribution in [3.05, 3.63) is 34.9 Å². The molecule has 1 rings (SSSR count). The van der Waals surface area contributed by atoms with Crippen molar-refractivity contribution in [2.75, 3.05) is 19.8 Å². The van der Waals surface area contributed by atoms with Gasteiger partial charge in [0.25, 0.3) is 0 Å². The summed E-state index contributed by atoms with van der Waals surface area (Å²) in [5.41, 5.74) is 4.09. The largest absolute Gasteiger partial charge is 0.382 e. The fraction of sp³-hybridized carbons (Fsp3) is 0.571. The average Bonchev–Trinajstić information content (AvgIpc) is 2.26. The van der Waals surface area contributed by atoms with Crippen LogP contribution in [0.2, 0.25) is 0 Å². The van der Waals surface area contributed by atoms with Crippen molar-refractivity contribution < 1.29 is 4.74 Å². The Morgan fingerprint density at radius 1 is 1.25 bits per heavy atom. The maximum atomic E-state index is 5.29. The summed E-state index contributed by atoms with van der Waals surface area (Å²) >= 11 is 0. The zero-order chi connectivity index (χ0) is 11.8. The molecule has 2 heteroatoms. The molecule has 0 radical (unpaired) electrons. The van der Waals surface area contributed by atoms with Gasteiger partial charge >= 0.3 is 0 Å². The van der Waals surface area contributed by atoms with Crippen LogP contribution in [0.4, 0.5) is 0 Å². The SMILES string of the molecule is CCOCCCNCc1ccc(C)cc1C. The van der Waals surface area contributed by atoms with Crippen molar-refractivity contribution in [1.82, 2.24) is 5.32 Å². The lowest BCUT2D eigenvalue weighted by Gasteiger charge is -2.08. The van der Waals surface area contributed by atoms with Gasteiger partial charge in [-0.15, -0.1) is 0 Å². The number of hydrogen-bond donors (Lipinski definition) is 1. The van der Waals surface area contributed by atoms with E-state index < -0.39 is 0 Å². The molecule has 0 saturated carbocycles. The highest BCUT2D eigenvalue weighted by atomic mass is 16.5. The first-order valence-electron chi connectivity index (χ1n) is 6.08. The lowest BCUT2D eigenvalue weighted by Crippen LogP contribution is -2.17. The van der Waals surface area contributed by atoms with E-state index in [0.717, 1.165) is 32.7 Å². The number of ether oxygens (including phenoxy) is 1. The van der Waals surface area contributed by atoms with Crippen LogP contribution in [0.25, 0.3) is 0 Å². The van der Waals surface area contributed by atoms with E-state index in [1.165, 1.54) is 16.7 Å². The molecule has 0 heterocycles. The Morgan fingerprint density at radius 3 is 2.75 bits per heavy atom. The minimum Gasteiger partial charge on any atom is -0.382 e. The van der Waals surface area contributed by atoms with Crippen molar-refractivity contribution >= 4 is 0 Å². The highest BCUT2D eigenvalue weighted by molar-refractivity contribution is 5.30. The predicted octanol–water partition coefficient (Wildman–Crippen LogP) is 2.82. The Kier molecular flexibility index (Phi) is 6.12. The molecule has 0 amide bonds. The molecule has 0 aromatic heterocycles. The fourth-order valence-corrected chi connectivity index (χ4v) is 1.71. The van der Waals surface area contributed by atoms with Crippen LogP contribution in [-0.2, 0) is 11.3 Å². The molecule has 90 valence electrons. The van der Waals surface area contributed by atoms with Crippen molar-refractivity contribution in [2.45, 2.75) is 33.7 Å². The van der Waals surface area contributed by atoms with Crippen molar-refractivity contribution in [1.29, 1.82) is 0 Å². The molecule has 1 N–H and O–H groups in total. The maximum absolute atomic E-state index is 5.29. The van der Waals surface area contributed by atoms with Crippen LogP contribution in [0.5, 0.6) is 0 Å². The second-order valence-electron chi connectivity index (χ2n) is 4.16. The van der Waals surface area contributed by atoms with Gasteiger partial charge in [-0.3, -0.25) is 0 Å². The van der Waals surface area contributed by atoms with Crippen LogP contribution in [0.15, 0.2) is 18.2 Å². The minimum atomic E-state index is 0.817. The highest BCUT2D eigenvalue weighted by Crippen LogP contribution is 2.09. The number of nitrogens with one attached hydrogen (secondary N) is 1. The van der Waals surface area contributed by atoms with Gasteiger partial charge in [0.05, 0.1) is 0 Å². The Hall–Kier alpha value is -0.860. The van der Waals surface area contributed by atoms with E-state index in [4.69, 9.17) is 4.74 Å². The maximum Gasteiger partial charge on any atom is 0.0477 e. The number of aryl methyl sites for hydroxylation is 2. The minimum absolute atomic E-state index is 0.817. The van der Waals surface area contributed by atoms with Crippen LogP contribution in [0.3, 0.4) is 0 Å². The summed E-state index contributed by atoms with van der Waals surface area (Å²) in [5.74, 6) is 0. The first-order valence-corrected chi connectivity index (χ1v) is 6.08. The molecule has 0 aliphatic heterocycles. The zero-order valence-electron chi connectivity index (χ0n) is 10.7. The molecule has 0 aliphatic carbocycles. The van der Waals surface area contributed by atoms with E-state index in [9.17, 15) is 0 Å². The fourth-order valence-electron chi connectivity index (χ4n) is 1.71. The molecule has 0 unspecified atom stereocenters. The molecule has 0 aliphatic rings. The number of rotatable bonds is 7. The lowest BCUT2D eigenvalue weighted by molar-refractivity contribution is 0.144. The van der Waals surface area contributed by atoms with Crippen molar-refractivity contribution in [3.63, 3.8) is 0 Å². The summed E-state index contributed by atoms with van der Waals surface area (Å²) in [5, 5.41) is 3.44. The monoisotopic (exact) mass is 221 g/mol. The van der Waals surface area contributed by atoms with Crippen LogP contribution in [-0.4, -0.2) is 19.8 Å². The van der Waals surface area contributed by atoms with Gasteiger partial charge < -0.3 is 10.1 Å². The Labute approximate surface area is 99.0 Å². The summed E-state index contributed by atoms with van der Waals surface area (Å²) < 4.78 is 5.29. The normalized spacial score (nSPS) is 10.7. The van der Waals surface area contributed by atoms with Crippen molar-refractivity contribution in [2.24, 2.45) is 0 Å². The third-order valence-electron chi connectivity index (χ3n) is 2.66. The second-order valence-corrected chi connectivity index (χ2v) is 4.16. The van der Waals surface area contributed by atoms with Gasteiger partial charge in [0.2, 0.25) is 0 Å². The van der Waals surface area contributed by atoms with Gasteiger partial charge in [-0.2, -0.15) is 0 Å². The third kappa shape index (κ3) is 4.77. The molecular weight excluding hydrogens is 198 g/mol. The van der Waals surface area contributed by atoms with Crippen molar-refractivity contribution in [3.8, 4) is 0 Å². The molecule has 16 heavy (non-hydrogen) atoms. The summed E-state index contributed by atoms with van der Waals surface area (Å²) in [4.78, 5) is 0. The Bertz CT molecular complexity index is 310. The Balaban J connectivity index is 2.21. The molecule has 0 saturated heterocycles. The van der Waals surface area contributed by atoms with Crippen LogP contribution < -0.4 is 5.32 Å². The zero-order valence-corrected chi connectivity index (χ0v) is 10.7. The third-order valence-corrected chi connectivity index (χ3v) is 2.66. The van der Waals surface area contributed by atoms with E-state index >= 15 is 0 Å². The van der Waals surface area contributed by atoms with E-state index in [2.05, 4.69) is 37.4 Å².